The Hall–Kier alpha value is -2.91. The van der Waals surface area contributed by atoms with Crippen LogP contribution in [-0.4, -0.2) is 35.0 Å². The second-order valence-electron chi connectivity index (χ2n) is 7.18. The van der Waals surface area contributed by atoms with Gasteiger partial charge in [-0.15, -0.1) is 0 Å². The number of amides is 3. The molecular weight excluding hydrogens is 432 g/mol. The van der Waals surface area contributed by atoms with E-state index in [0.717, 1.165) is 34.8 Å². The molecule has 0 radical (unpaired) electrons. The van der Waals surface area contributed by atoms with E-state index in [4.69, 9.17) is 4.74 Å². The molecule has 31 heavy (non-hydrogen) atoms. The number of anilines is 2. The number of hydrogen-bond acceptors (Lipinski definition) is 6. The third kappa shape index (κ3) is 5.42. The van der Waals surface area contributed by atoms with Gasteiger partial charge >= 0.3 is 6.03 Å². The Morgan fingerprint density at radius 3 is 2.77 bits per heavy atom. The molecule has 0 aliphatic carbocycles. The number of thiophene rings is 1. The van der Waals surface area contributed by atoms with Gasteiger partial charge < -0.3 is 15.0 Å². The summed E-state index contributed by atoms with van der Waals surface area (Å²) in [5, 5.41) is 10.0. The summed E-state index contributed by atoms with van der Waals surface area (Å²) >= 11 is 2.90. The van der Waals surface area contributed by atoms with E-state index in [1.165, 1.54) is 22.7 Å². The molecule has 2 N–H and O–H groups in total. The molecular formula is C22H24N4O3S2. The van der Waals surface area contributed by atoms with Crippen LogP contribution in [0.2, 0.25) is 0 Å². The minimum atomic E-state index is -0.163. The highest BCUT2D eigenvalue weighted by Crippen LogP contribution is 2.29. The smallest absolute Gasteiger partial charge is 0.322 e. The highest BCUT2D eigenvalue weighted by molar-refractivity contribution is 7.16. The van der Waals surface area contributed by atoms with Gasteiger partial charge in [0.15, 0.2) is 5.13 Å². The summed E-state index contributed by atoms with van der Waals surface area (Å²) in [4.78, 5) is 32.3. The predicted octanol–water partition coefficient (Wildman–Crippen LogP) is 5.23. The molecule has 1 aliphatic rings. The number of carbonyl (C=O) groups excluding carboxylic acids is 2. The molecule has 0 bridgehead atoms. The van der Waals surface area contributed by atoms with Crippen LogP contribution in [0.25, 0.3) is 0 Å². The minimum absolute atomic E-state index is 0.150. The zero-order valence-corrected chi connectivity index (χ0v) is 18.9. The fraction of sp³-hybridized carbons (Fsp3) is 0.318. The number of thiazole rings is 1. The van der Waals surface area contributed by atoms with Crippen molar-refractivity contribution in [2.75, 3.05) is 23.8 Å². The van der Waals surface area contributed by atoms with E-state index in [2.05, 4.69) is 22.5 Å². The third-order valence-electron chi connectivity index (χ3n) is 4.89. The van der Waals surface area contributed by atoms with Crippen molar-refractivity contribution >= 4 is 45.4 Å². The van der Waals surface area contributed by atoms with E-state index in [1.807, 2.05) is 29.6 Å². The van der Waals surface area contributed by atoms with Crippen LogP contribution in [0.5, 0.6) is 5.75 Å². The molecule has 0 atom stereocenters. The lowest BCUT2D eigenvalue weighted by molar-refractivity contribution is 0.102. The average molecular weight is 457 g/mol. The van der Waals surface area contributed by atoms with Crippen molar-refractivity contribution in [3.63, 3.8) is 0 Å². The summed E-state index contributed by atoms with van der Waals surface area (Å²) in [5.74, 6) is 0.639. The van der Waals surface area contributed by atoms with Crippen LogP contribution in [0.3, 0.4) is 0 Å². The standard InChI is InChI=1S/C22H24N4O3S2/c1-2-3-11-29-17-6-4-16(5-7-17)23-22(28)26-10-8-18-19(13-26)31-21(24-18)25-20(27)15-9-12-30-14-15/h4-7,9,12,14H,2-3,8,10-11,13H2,1H3,(H,23,28)(H,24,25,27). The Morgan fingerprint density at radius 2 is 2.03 bits per heavy atom. The fourth-order valence-electron chi connectivity index (χ4n) is 3.16. The maximum atomic E-state index is 12.7. The number of nitrogens with zero attached hydrogens (tertiary/aromatic N) is 2. The van der Waals surface area contributed by atoms with Crippen LogP contribution in [0, 0.1) is 0 Å². The van der Waals surface area contributed by atoms with E-state index in [9.17, 15) is 9.59 Å². The zero-order valence-electron chi connectivity index (χ0n) is 17.2. The van der Waals surface area contributed by atoms with Gasteiger partial charge in [0, 0.05) is 28.9 Å². The minimum Gasteiger partial charge on any atom is -0.494 e. The second-order valence-corrected chi connectivity index (χ2v) is 9.05. The Labute approximate surface area is 189 Å². The first-order chi connectivity index (χ1) is 15.1. The highest BCUT2D eigenvalue weighted by Gasteiger charge is 2.25. The summed E-state index contributed by atoms with van der Waals surface area (Å²) in [6.07, 6.45) is 2.78. The number of nitrogens with one attached hydrogen (secondary N) is 2. The van der Waals surface area contributed by atoms with Crippen molar-refractivity contribution in [3.8, 4) is 5.75 Å². The zero-order chi connectivity index (χ0) is 21.6. The number of rotatable bonds is 7. The SMILES string of the molecule is CCCCOc1ccc(NC(=O)N2CCc3nc(NC(=O)c4ccsc4)sc3C2)cc1. The predicted molar refractivity (Wildman–Crippen MR) is 124 cm³/mol. The molecule has 3 aromatic rings. The van der Waals surface area contributed by atoms with Gasteiger partial charge in [0.25, 0.3) is 5.91 Å². The highest BCUT2D eigenvalue weighted by atomic mass is 32.1. The largest absolute Gasteiger partial charge is 0.494 e. The lowest BCUT2D eigenvalue weighted by atomic mass is 10.2. The molecule has 7 nitrogen and oxygen atoms in total. The fourth-order valence-corrected chi connectivity index (χ4v) is 4.81. The number of hydrogen-bond donors (Lipinski definition) is 2. The van der Waals surface area contributed by atoms with E-state index >= 15 is 0 Å². The normalized spacial score (nSPS) is 12.9. The molecule has 9 heteroatoms. The lowest BCUT2D eigenvalue weighted by Gasteiger charge is -2.26. The van der Waals surface area contributed by atoms with Crippen LogP contribution in [-0.2, 0) is 13.0 Å². The molecule has 3 amide bonds. The lowest BCUT2D eigenvalue weighted by Crippen LogP contribution is -2.38. The van der Waals surface area contributed by atoms with Gasteiger partial charge in [0.2, 0.25) is 0 Å². The summed E-state index contributed by atoms with van der Waals surface area (Å²) < 4.78 is 5.66. The van der Waals surface area contributed by atoms with Crippen molar-refractivity contribution in [1.82, 2.24) is 9.88 Å². The molecule has 1 aliphatic heterocycles. The van der Waals surface area contributed by atoms with Crippen molar-refractivity contribution in [1.29, 1.82) is 0 Å². The number of unbranched alkanes of at least 4 members (excludes halogenated alkanes) is 1. The quantitative estimate of drug-likeness (QED) is 0.477. The Morgan fingerprint density at radius 1 is 1.19 bits per heavy atom. The summed E-state index contributed by atoms with van der Waals surface area (Å²) in [7, 11) is 0. The average Bonchev–Trinajstić information content (AvgIpc) is 3.44. The van der Waals surface area contributed by atoms with Gasteiger partial charge in [0.05, 0.1) is 24.4 Å². The van der Waals surface area contributed by atoms with Gasteiger partial charge in [-0.05, 0) is 42.1 Å². The molecule has 3 heterocycles. The first-order valence-corrected chi connectivity index (χ1v) is 12.0. The number of ether oxygens (including phenoxy) is 1. The maximum absolute atomic E-state index is 12.7. The van der Waals surface area contributed by atoms with E-state index in [-0.39, 0.29) is 11.9 Å². The molecule has 4 rings (SSSR count). The summed E-state index contributed by atoms with van der Waals surface area (Å²) in [6, 6.07) is 9.06. The first kappa shape index (κ1) is 21.3. The molecule has 162 valence electrons. The van der Waals surface area contributed by atoms with Gasteiger partial charge in [-0.1, -0.05) is 24.7 Å². The second kappa shape index (κ2) is 9.93. The molecule has 0 saturated heterocycles. The van der Waals surface area contributed by atoms with E-state index in [1.54, 1.807) is 16.3 Å². The van der Waals surface area contributed by atoms with E-state index in [0.29, 0.717) is 36.8 Å². The van der Waals surface area contributed by atoms with Gasteiger partial charge in [0.1, 0.15) is 5.75 Å². The van der Waals surface area contributed by atoms with Crippen LogP contribution < -0.4 is 15.4 Å². The van der Waals surface area contributed by atoms with Crippen LogP contribution >= 0.6 is 22.7 Å². The molecule has 0 unspecified atom stereocenters. The number of carbonyl (C=O) groups is 2. The van der Waals surface area contributed by atoms with Gasteiger partial charge in [-0.25, -0.2) is 9.78 Å². The number of benzene rings is 1. The first-order valence-electron chi connectivity index (χ1n) is 10.2. The number of urea groups is 1. The Bertz CT molecular complexity index is 1030. The van der Waals surface area contributed by atoms with Gasteiger partial charge in [-0.3, -0.25) is 10.1 Å². The van der Waals surface area contributed by atoms with Gasteiger partial charge in [-0.2, -0.15) is 11.3 Å². The summed E-state index contributed by atoms with van der Waals surface area (Å²) in [5.41, 5.74) is 2.30. The summed E-state index contributed by atoms with van der Waals surface area (Å²) in [6.45, 7) is 3.88. The molecule has 0 saturated carbocycles. The van der Waals surface area contributed by atoms with Crippen LogP contribution in [0.15, 0.2) is 41.1 Å². The maximum Gasteiger partial charge on any atom is 0.322 e. The third-order valence-corrected chi connectivity index (χ3v) is 6.58. The molecule has 0 spiro atoms. The molecule has 0 fully saturated rings. The monoisotopic (exact) mass is 456 g/mol. The van der Waals surface area contributed by atoms with Crippen molar-refractivity contribution in [2.45, 2.75) is 32.7 Å². The van der Waals surface area contributed by atoms with Crippen molar-refractivity contribution < 1.29 is 14.3 Å². The molecule has 2 aromatic heterocycles. The van der Waals surface area contributed by atoms with Crippen LogP contribution in [0.1, 0.15) is 40.7 Å². The topological polar surface area (TPSA) is 83.6 Å². The van der Waals surface area contributed by atoms with E-state index < -0.39 is 0 Å². The number of aromatic nitrogens is 1. The number of fused-ring (bicyclic) bond motifs is 1. The Kier molecular flexibility index (Phi) is 6.83. The Balaban J connectivity index is 1.32. The molecule has 1 aromatic carbocycles. The van der Waals surface area contributed by atoms with Crippen LogP contribution in [0.4, 0.5) is 15.6 Å². The van der Waals surface area contributed by atoms with Crippen molar-refractivity contribution in [2.24, 2.45) is 0 Å². The van der Waals surface area contributed by atoms with Crippen molar-refractivity contribution in [3.05, 3.63) is 57.2 Å².